The number of carbonyl (C=O) groups excluding carboxylic acids is 2. The first-order valence-corrected chi connectivity index (χ1v) is 12.5. The molecular formula is C26H39N3O2. The summed E-state index contributed by atoms with van der Waals surface area (Å²) in [4.78, 5) is 31.5. The van der Waals surface area contributed by atoms with E-state index in [1.165, 1.54) is 19.3 Å². The minimum atomic E-state index is -0.174. The third-order valence-electron chi connectivity index (χ3n) is 8.38. The highest BCUT2D eigenvalue weighted by Gasteiger charge is 2.55. The summed E-state index contributed by atoms with van der Waals surface area (Å²) in [5.41, 5.74) is 0.981. The lowest BCUT2D eigenvalue weighted by molar-refractivity contribution is -0.161. The van der Waals surface area contributed by atoms with Crippen LogP contribution in [-0.2, 0) is 23.2 Å². The van der Waals surface area contributed by atoms with Crippen LogP contribution in [0.25, 0.3) is 0 Å². The summed E-state index contributed by atoms with van der Waals surface area (Å²) in [6, 6.07) is 4.47. The minimum absolute atomic E-state index is 0.127. The molecular weight excluding hydrogens is 386 g/mol. The SMILES string of the molecule is CC(C)CN(CC(=O)N(Cc1cccn1C)C1CC1)C(=O)C12CC3CC(CC(C3)C1)C2. The van der Waals surface area contributed by atoms with Gasteiger partial charge in [-0.15, -0.1) is 0 Å². The summed E-state index contributed by atoms with van der Waals surface area (Å²) >= 11 is 0. The van der Waals surface area contributed by atoms with Crippen molar-refractivity contribution in [2.75, 3.05) is 13.1 Å². The van der Waals surface area contributed by atoms with E-state index in [2.05, 4.69) is 24.5 Å². The van der Waals surface area contributed by atoms with Crippen molar-refractivity contribution >= 4 is 11.8 Å². The summed E-state index contributed by atoms with van der Waals surface area (Å²) < 4.78 is 2.09. The lowest BCUT2D eigenvalue weighted by Crippen LogP contribution is -2.56. The maximum atomic E-state index is 14.0. The number of amides is 2. The van der Waals surface area contributed by atoms with Crippen molar-refractivity contribution in [3.05, 3.63) is 24.0 Å². The molecule has 5 aliphatic rings. The fraction of sp³-hybridized carbons (Fsp3) is 0.769. The quantitative estimate of drug-likeness (QED) is 0.626. The highest BCUT2D eigenvalue weighted by Crippen LogP contribution is 2.60. The highest BCUT2D eigenvalue weighted by atomic mass is 16.2. The smallest absolute Gasteiger partial charge is 0.242 e. The van der Waals surface area contributed by atoms with Gasteiger partial charge in [0.1, 0.15) is 0 Å². The fourth-order valence-electron chi connectivity index (χ4n) is 7.26. The van der Waals surface area contributed by atoms with Crippen molar-refractivity contribution in [2.24, 2.45) is 36.1 Å². The molecule has 0 saturated heterocycles. The van der Waals surface area contributed by atoms with Crippen LogP contribution in [0.1, 0.15) is 70.9 Å². The average molecular weight is 426 g/mol. The van der Waals surface area contributed by atoms with Crippen LogP contribution in [0.3, 0.4) is 0 Å². The molecule has 1 aromatic rings. The van der Waals surface area contributed by atoms with Crippen molar-refractivity contribution in [1.29, 1.82) is 0 Å². The van der Waals surface area contributed by atoms with Gasteiger partial charge < -0.3 is 14.4 Å². The van der Waals surface area contributed by atoms with Gasteiger partial charge in [-0.2, -0.15) is 0 Å². The first-order chi connectivity index (χ1) is 14.8. The van der Waals surface area contributed by atoms with Crippen molar-refractivity contribution in [3.8, 4) is 0 Å². The molecule has 4 bridgehead atoms. The van der Waals surface area contributed by atoms with Crippen LogP contribution in [0.5, 0.6) is 0 Å². The van der Waals surface area contributed by atoms with Crippen LogP contribution >= 0.6 is 0 Å². The number of aromatic nitrogens is 1. The number of carbonyl (C=O) groups is 2. The Morgan fingerprint density at radius 2 is 1.71 bits per heavy atom. The molecule has 0 aliphatic heterocycles. The van der Waals surface area contributed by atoms with Crippen LogP contribution in [0.2, 0.25) is 0 Å². The Morgan fingerprint density at radius 1 is 1.10 bits per heavy atom. The average Bonchev–Trinajstić information content (AvgIpc) is 3.45. The number of hydrogen-bond acceptors (Lipinski definition) is 2. The predicted octanol–water partition coefficient (Wildman–Crippen LogP) is 4.22. The van der Waals surface area contributed by atoms with Gasteiger partial charge in [-0.3, -0.25) is 9.59 Å². The van der Waals surface area contributed by atoms with E-state index in [9.17, 15) is 9.59 Å². The van der Waals surface area contributed by atoms with Crippen LogP contribution < -0.4 is 0 Å². The molecule has 0 unspecified atom stereocenters. The number of nitrogens with zero attached hydrogens (tertiary/aromatic N) is 3. The Kier molecular flexibility index (Phi) is 5.42. The van der Waals surface area contributed by atoms with Crippen molar-refractivity contribution in [3.63, 3.8) is 0 Å². The first kappa shape index (κ1) is 21.1. The molecule has 0 radical (unpaired) electrons. The molecule has 2 amide bonds. The van der Waals surface area contributed by atoms with E-state index in [1.807, 2.05) is 29.1 Å². The Balaban J connectivity index is 1.33. The van der Waals surface area contributed by atoms with Gasteiger partial charge in [-0.1, -0.05) is 13.8 Å². The largest absolute Gasteiger partial charge is 0.353 e. The van der Waals surface area contributed by atoms with E-state index < -0.39 is 0 Å². The van der Waals surface area contributed by atoms with E-state index in [0.29, 0.717) is 31.0 Å². The van der Waals surface area contributed by atoms with Gasteiger partial charge >= 0.3 is 0 Å². The molecule has 0 N–H and O–H groups in total. The number of hydrogen-bond donors (Lipinski definition) is 0. The lowest BCUT2D eigenvalue weighted by atomic mass is 9.49. The third-order valence-corrected chi connectivity index (χ3v) is 8.38. The van der Waals surface area contributed by atoms with Crippen molar-refractivity contribution in [1.82, 2.24) is 14.4 Å². The molecule has 5 heteroatoms. The molecule has 5 aliphatic carbocycles. The zero-order chi connectivity index (χ0) is 21.8. The Bertz CT molecular complexity index is 802. The third kappa shape index (κ3) is 4.17. The van der Waals surface area contributed by atoms with Crippen molar-refractivity contribution in [2.45, 2.75) is 77.8 Å². The minimum Gasteiger partial charge on any atom is -0.353 e. The molecule has 0 atom stereocenters. The molecule has 1 aromatic heterocycles. The predicted molar refractivity (Wildman–Crippen MR) is 121 cm³/mol. The normalized spacial score (nSPS) is 31.3. The second-order valence-electron chi connectivity index (χ2n) is 11.6. The van der Waals surface area contributed by atoms with Crippen LogP contribution in [0, 0.1) is 29.1 Å². The van der Waals surface area contributed by atoms with Gasteiger partial charge in [0.05, 0.1) is 18.5 Å². The van der Waals surface area contributed by atoms with Gasteiger partial charge in [0.25, 0.3) is 0 Å². The standard InChI is InChI=1S/C26H39N3O2/c1-18(2)15-28(25(31)26-12-19-9-20(13-26)11-21(10-19)14-26)17-24(30)29(22-6-7-22)16-23-5-4-8-27(23)3/h4-5,8,18-22H,6-7,9-17H2,1-3H3. The number of rotatable bonds is 8. The summed E-state index contributed by atoms with van der Waals surface area (Å²) in [6.45, 7) is 5.91. The Hall–Kier alpha value is -1.78. The van der Waals surface area contributed by atoms with Gasteiger partial charge in [0.15, 0.2) is 0 Å². The molecule has 5 saturated carbocycles. The van der Waals surface area contributed by atoms with Crippen molar-refractivity contribution < 1.29 is 9.59 Å². The van der Waals surface area contributed by atoms with E-state index >= 15 is 0 Å². The molecule has 5 fully saturated rings. The summed E-state index contributed by atoms with van der Waals surface area (Å²) in [5, 5.41) is 0. The second-order valence-corrected chi connectivity index (χ2v) is 11.6. The fourth-order valence-corrected chi connectivity index (χ4v) is 7.26. The van der Waals surface area contributed by atoms with E-state index in [1.54, 1.807) is 0 Å². The zero-order valence-corrected chi connectivity index (χ0v) is 19.6. The van der Waals surface area contributed by atoms with Crippen LogP contribution in [0.15, 0.2) is 18.3 Å². The molecule has 31 heavy (non-hydrogen) atoms. The van der Waals surface area contributed by atoms with Crippen LogP contribution in [0.4, 0.5) is 0 Å². The summed E-state index contributed by atoms with van der Waals surface area (Å²) in [6.07, 6.45) is 11.4. The Labute approximate surface area is 187 Å². The topological polar surface area (TPSA) is 45.6 Å². The molecule has 0 spiro atoms. The lowest BCUT2D eigenvalue weighted by Gasteiger charge is -2.56. The summed E-state index contributed by atoms with van der Waals surface area (Å²) in [7, 11) is 2.03. The van der Waals surface area contributed by atoms with E-state index in [-0.39, 0.29) is 17.9 Å². The molecule has 1 heterocycles. The van der Waals surface area contributed by atoms with Gasteiger partial charge in [0, 0.05) is 31.5 Å². The zero-order valence-electron chi connectivity index (χ0n) is 19.6. The second kappa shape index (κ2) is 7.97. The monoisotopic (exact) mass is 425 g/mol. The molecule has 5 nitrogen and oxygen atoms in total. The van der Waals surface area contributed by atoms with E-state index in [0.717, 1.165) is 55.6 Å². The van der Waals surface area contributed by atoms with Gasteiger partial charge in [0.2, 0.25) is 11.8 Å². The van der Waals surface area contributed by atoms with Gasteiger partial charge in [-0.05, 0) is 87.2 Å². The van der Waals surface area contributed by atoms with Crippen LogP contribution in [-0.4, -0.2) is 45.3 Å². The van der Waals surface area contributed by atoms with Gasteiger partial charge in [-0.25, -0.2) is 0 Å². The Morgan fingerprint density at radius 3 is 2.19 bits per heavy atom. The molecule has 0 aromatic carbocycles. The first-order valence-electron chi connectivity index (χ1n) is 12.5. The van der Waals surface area contributed by atoms with E-state index in [4.69, 9.17) is 0 Å². The molecule has 6 rings (SSSR count). The highest BCUT2D eigenvalue weighted by molar-refractivity contribution is 5.88. The summed E-state index contributed by atoms with van der Waals surface area (Å²) in [5.74, 6) is 3.02. The maximum absolute atomic E-state index is 14.0. The molecule has 170 valence electrons. The maximum Gasteiger partial charge on any atom is 0.242 e. The number of aryl methyl sites for hydroxylation is 1.